The zero-order valence-electron chi connectivity index (χ0n) is 8.56. The molecule has 1 aliphatic rings. The van der Waals surface area contributed by atoms with Crippen LogP contribution in [0.5, 0.6) is 0 Å². The molecule has 0 amide bonds. The van der Waals surface area contributed by atoms with Crippen LogP contribution in [-0.4, -0.2) is 29.6 Å². The molecule has 0 bridgehead atoms. The molecule has 1 atom stereocenters. The topological polar surface area (TPSA) is 55.0 Å². The molecule has 0 aliphatic carbocycles. The van der Waals surface area contributed by atoms with Gasteiger partial charge < -0.3 is 10.6 Å². The fourth-order valence-electron chi connectivity index (χ4n) is 1.91. The van der Waals surface area contributed by atoms with Crippen molar-refractivity contribution in [3.8, 4) is 0 Å². The highest BCUT2D eigenvalue weighted by atomic mass is 19.1. The Bertz CT molecular complexity index is 314. The Labute approximate surface area is 88.3 Å². The van der Waals surface area contributed by atoms with Crippen molar-refractivity contribution in [2.75, 3.05) is 24.5 Å². The monoisotopic (exact) mass is 210 g/mol. The maximum Gasteiger partial charge on any atom is 0.225 e. The molecule has 15 heavy (non-hydrogen) atoms. The Kier molecular flexibility index (Phi) is 3.11. The Balaban J connectivity index is 2.06. The molecule has 1 unspecified atom stereocenters. The maximum absolute atomic E-state index is 12.6. The Morgan fingerprint density at radius 3 is 2.87 bits per heavy atom. The summed E-state index contributed by atoms with van der Waals surface area (Å²) < 4.78 is 12.6. The second-order valence-electron chi connectivity index (χ2n) is 3.89. The van der Waals surface area contributed by atoms with Crippen LogP contribution in [-0.2, 0) is 0 Å². The molecule has 2 rings (SSSR count). The van der Waals surface area contributed by atoms with Crippen LogP contribution in [0.3, 0.4) is 0 Å². The van der Waals surface area contributed by atoms with Gasteiger partial charge in [-0.05, 0) is 25.3 Å². The van der Waals surface area contributed by atoms with E-state index in [0.717, 1.165) is 25.9 Å². The lowest BCUT2D eigenvalue weighted by Crippen LogP contribution is -2.39. The number of rotatable bonds is 2. The molecule has 2 heterocycles. The minimum absolute atomic E-state index is 0.397. The number of anilines is 1. The predicted octanol–water partition coefficient (Wildman–Crippen LogP) is 0.791. The summed E-state index contributed by atoms with van der Waals surface area (Å²) in [5.74, 6) is 0.716. The molecule has 0 spiro atoms. The van der Waals surface area contributed by atoms with Gasteiger partial charge in [-0.3, -0.25) is 0 Å². The molecule has 1 saturated heterocycles. The standard InChI is InChI=1S/C10H15FN4/c11-9-5-13-10(14-6-9)15-3-1-2-8(4-12)7-15/h5-6,8H,1-4,7,12H2. The van der Waals surface area contributed by atoms with Crippen molar-refractivity contribution < 1.29 is 4.39 Å². The van der Waals surface area contributed by atoms with E-state index < -0.39 is 5.82 Å². The smallest absolute Gasteiger partial charge is 0.225 e. The highest BCUT2D eigenvalue weighted by Crippen LogP contribution is 2.18. The number of aromatic nitrogens is 2. The number of halogens is 1. The SMILES string of the molecule is NCC1CCCN(c2ncc(F)cn2)C1. The van der Waals surface area contributed by atoms with Gasteiger partial charge in [0.25, 0.3) is 0 Å². The quantitative estimate of drug-likeness (QED) is 0.784. The van der Waals surface area contributed by atoms with Crippen LogP contribution in [0.4, 0.5) is 10.3 Å². The van der Waals surface area contributed by atoms with E-state index in [0.29, 0.717) is 18.4 Å². The van der Waals surface area contributed by atoms with Crippen molar-refractivity contribution in [1.82, 2.24) is 9.97 Å². The summed E-state index contributed by atoms with van der Waals surface area (Å²) in [5.41, 5.74) is 5.64. The van der Waals surface area contributed by atoms with Gasteiger partial charge >= 0.3 is 0 Å². The Hall–Kier alpha value is -1.23. The van der Waals surface area contributed by atoms with Crippen molar-refractivity contribution in [3.05, 3.63) is 18.2 Å². The van der Waals surface area contributed by atoms with Crippen molar-refractivity contribution >= 4 is 5.95 Å². The van der Waals surface area contributed by atoms with Crippen LogP contribution in [0, 0.1) is 11.7 Å². The van der Waals surface area contributed by atoms with Crippen LogP contribution < -0.4 is 10.6 Å². The van der Waals surface area contributed by atoms with Crippen molar-refractivity contribution in [2.45, 2.75) is 12.8 Å². The van der Waals surface area contributed by atoms with Gasteiger partial charge in [-0.15, -0.1) is 0 Å². The lowest BCUT2D eigenvalue weighted by Gasteiger charge is -2.31. The normalized spacial score (nSPS) is 21.7. The number of nitrogens with two attached hydrogens (primary N) is 1. The summed E-state index contributed by atoms with van der Waals surface area (Å²) in [7, 11) is 0. The van der Waals surface area contributed by atoms with Crippen LogP contribution >= 0.6 is 0 Å². The van der Waals surface area contributed by atoms with Gasteiger partial charge in [0.2, 0.25) is 5.95 Å². The number of hydrogen-bond acceptors (Lipinski definition) is 4. The number of hydrogen-bond donors (Lipinski definition) is 1. The van der Waals surface area contributed by atoms with Gasteiger partial charge in [-0.1, -0.05) is 0 Å². The van der Waals surface area contributed by atoms with Crippen LogP contribution in [0.1, 0.15) is 12.8 Å². The van der Waals surface area contributed by atoms with E-state index in [1.165, 1.54) is 12.4 Å². The molecule has 1 aliphatic heterocycles. The van der Waals surface area contributed by atoms with E-state index in [-0.39, 0.29) is 0 Å². The zero-order chi connectivity index (χ0) is 10.7. The molecule has 5 heteroatoms. The minimum Gasteiger partial charge on any atom is -0.341 e. The van der Waals surface area contributed by atoms with Gasteiger partial charge in [-0.25, -0.2) is 14.4 Å². The third kappa shape index (κ3) is 2.41. The molecule has 1 aromatic heterocycles. The van der Waals surface area contributed by atoms with E-state index in [4.69, 9.17) is 5.73 Å². The predicted molar refractivity (Wildman–Crippen MR) is 56.0 cm³/mol. The van der Waals surface area contributed by atoms with E-state index >= 15 is 0 Å². The molecular formula is C10H15FN4. The molecule has 0 aromatic carbocycles. The van der Waals surface area contributed by atoms with Crippen molar-refractivity contribution in [3.63, 3.8) is 0 Å². The lowest BCUT2D eigenvalue weighted by atomic mass is 9.99. The second kappa shape index (κ2) is 4.53. The molecule has 82 valence electrons. The molecule has 2 N–H and O–H groups in total. The highest BCUT2D eigenvalue weighted by molar-refractivity contribution is 5.29. The Morgan fingerprint density at radius 2 is 2.20 bits per heavy atom. The third-order valence-corrected chi connectivity index (χ3v) is 2.74. The van der Waals surface area contributed by atoms with Gasteiger partial charge in [0.15, 0.2) is 5.82 Å². The first-order valence-corrected chi connectivity index (χ1v) is 5.22. The fraction of sp³-hybridized carbons (Fsp3) is 0.600. The summed E-state index contributed by atoms with van der Waals surface area (Å²) in [6.07, 6.45) is 4.67. The number of nitrogens with zero attached hydrogens (tertiary/aromatic N) is 3. The largest absolute Gasteiger partial charge is 0.341 e. The first-order valence-electron chi connectivity index (χ1n) is 5.22. The molecule has 0 saturated carbocycles. The van der Waals surface area contributed by atoms with Crippen LogP contribution in [0.25, 0.3) is 0 Å². The molecule has 0 radical (unpaired) electrons. The minimum atomic E-state index is -0.397. The zero-order valence-corrected chi connectivity index (χ0v) is 8.56. The molecule has 4 nitrogen and oxygen atoms in total. The maximum atomic E-state index is 12.6. The first kappa shape index (κ1) is 10.3. The van der Waals surface area contributed by atoms with Crippen LogP contribution in [0.15, 0.2) is 12.4 Å². The summed E-state index contributed by atoms with van der Waals surface area (Å²) in [4.78, 5) is 10.0. The van der Waals surface area contributed by atoms with Crippen molar-refractivity contribution in [2.24, 2.45) is 11.7 Å². The van der Waals surface area contributed by atoms with Gasteiger partial charge in [0, 0.05) is 13.1 Å². The molecular weight excluding hydrogens is 195 g/mol. The lowest BCUT2D eigenvalue weighted by molar-refractivity contribution is 0.419. The highest BCUT2D eigenvalue weighted by Gasteiger charge is 2.20. The summed E-state index contributed by atoms with van der Waals surface area (Å²) in [6, 6.07) is 0. The average molecular weight is 210 g/mol. The fourth-order valence-corrected chi connectivity index (χ4v) is 1.91. The second-order valence-corrected chi connectivity index (χ2v) is 3.89. The molecule has 1 fully saturated rings. The van der Waals surface area contributed by atoms with Crippen LogP contribution in [0.2, 0.25) is 0 Å². The van der Waals surface area contributed by atoms with E-state index in [2.05, 4.69) is 14.9 Å². The third-order valence-electron chi connectivity index (χ3n) is 2.74. The first-order chi connectivity index (χ1) is 7.29. The summed E-state index contributed by atoms with van der Waals surface area (Å²) >= 11 is 0. The average Bonchev–Trinajstić information content (AvgIpc) is 2.30. The van der Waals surface area contributed by atoms with E-state index in [9.17, 15) is 4.39 Å². The van der Waals surface area contributed by atoms with E-state index in [1.807, 2.05) is 0 Å². The molecule has 1 aromatic rings. The van der Waals surface area contributed by atoms with Gasteiger partial charge in [-0.2, -0.15) is 0 Å². The number of piperidine rings is 1. The van der Waals surface area contributed by atoms with Gasteiger partial charge in [0.05, 0.1) is 12.4 Å². The summed E-state index contributed by atoms with van der Waals surface area (Å²) in [6.45, 7) is 2.50. The summed E-state index contributed by atoms with van der Waals surface area (Å²) in [5, 5.41) is 0. The van der Waals surface area contributed by atoms with E-state index in [1.54, 1.807) is 0 Å². The van der Waals surface area contributed by atoms with Crippen molar-refractivity contribution in [1.29, 1.82) is 0 Å². The van der Waals surface area contributed by atoms with Gasteiger partial charge in [0.1, 0.15) is 0 Å². The Morgan fingerprint density at radius 1 is 1.47 bits per heavy atom.